The van der Waals surface area contributed by atoms with Crippen molar-refractivity contribution in [1.29, 1.82) is 0 Å². The maximum Gasteiger partial charge on any atom is 0.317 e. The average Bonchev–Trinajstić information content (AvgIpc) is 3.36. The van der Waals surface area contributed by atoms with Crippen molar-refractivity contribution in [2.75, 3.05) is 20.1 Å². The normalized spacial score (nSPS) is 16.6. The van der Waals surface area contributed by atoms with E-state index < -0.39 is 0 Å². The molecular formula is C21H24ClN5O3. The van der Waals surface area contributed by atoms with Crippen LogP contribution in [-0.2, 0) is 6.54 Å². The Kier molecular flexibility index (Phi) is 5.67. The second-order valence-electron chi connectivity index (χ2n) is 7.61. The summed E-state index contributed by atoms with van der Waals surface area (Å²) < 4.78 is 5.24. The molecule has 1 aliphatic heterocycles. The minimum absolute atomic E-state index is 0.0625. The Hall–Kier alpha value is -3.00. The van der Waals surface area contributed by atoms with Crippen LogP contribution < -0.4 is 5.32 Å². The van der Waals surface area contributed by atoms with E-state index in [4.69, 9.17) is 16.0 Å². The van der Waals surface area contributed by atoms with E-state index in [9.17, 15) is 9.59 Å². The van der Waals surface area contributed by atoms with E-state index in [1.54, 1.807) is 23.8 Å². The summed E-state index contributed by atoms with van der Waals surface area (Å²) in [7, 11) is 1.76. The fraction of sp³-hybridized carbons (Fsp3) is 0.381. The van der Waals surface area contributed by atoms with Crippen LogP contribution in [-0.4, -0.2) is 57.9 Å². The monoisotopic (exact) mass is 429 g/mol. The van der Waals surface area contributed by atoms with Crippen molar-refractivity contribution in [2.45, 2.75) is 32.4 Å². The Morgan fingerprint density at radius 1 is 1.40 bits per heavy atom. The number of aromatic nitrogens is 2. The van der Waals surface area contributed by atoms with Gasteiger partial charge in [-0.25, -0.2) is 9.78 Å². The molecule has 1 saturated heterocycles. The smallest absolute Gasteiger partial charge is 0.317 e. The lowest BCUT2D eigenvalue weighted by atomic mass is 10.0. The summed E-state index contributed by atoms with van der Waals surface area (Å²) in [6.45, 7) is 3.23. The molecule has 0 spiro atoms. The minimum Gasteiger partial charge on any atom is -0.438 e. The van der Waals surface area contributed by atoms with E-state index in [0.29, 0.717) is 30.4 Å². The highest BCUT2D eigenvalue weighted by molar-refractivity contribution is 6.31. The summed E-state index contributed by atoms with van der Waals surface area (Å²) in [6, 6.07) is 7.36. The highest BCUT2D eigenvalue weighted by Gasteiger charge is 2.30. The van der Waals surface area contributed by atoms with Gasteiger partial charge in [0.1, 0.15) is 0 Å². The zero-order valence-corrected chi connectivity index (χ0v) is 17.7. The first-order chi connectivity index (χ1) is 14.4. The molecular weight excluding hydrogens is 406 g/mol. The van der Waals surface area contributed by atoms with E-state index in [1.807, 2.05) is 24.3 Å². The maximum atomic E-state index is 12.7. The van der Waals surface area contributed by atoms with Crippen molar-refractivity contribution in [3.63, 3.8) is 0 Å². The molecule has 8 nitrogen and oxygen atoms in total. The van der Waals surface area contributed by atoms with Gasteiger partial charge in [0, 0.05) is 41.8 Å². The topological polar surface area (TPSA) is 94.5 Å². The number of aryl methyl sites for hydroxylation is 1. The molecule has 0 saturated carbocycles. The number of nitrogens with zero attached hydrogens (tertiary/aromatic N) is 3. The van der Waals surface area contributed by atoms with Gasteiger partial charge in [-0.05, 0) is 44.0 Å². The summed E-state index contributed by atoms with van der Waals surface area (Å²) >= 11 is 6.03. The van der Waals surface area contributed by atoms with Crippen molar-refractivity contribution in [3.05, 3.63) is 52.8 Å². The number of benzene rings is 1. The minimum atomic E-state index is -0.180. The highest BCUT2D eigenvalue weighted by atomic mass is 35.5. The molecule has 2 aromatic heterocycles. The van der Waals surface area contributed by atoms with Gasteiger partial charge in [0.15, 0.2) is 6.39 Å². The van der Waals surface area contributed by atoms with Gasteiger partial charge in [-0.2, -0.15) is 0 Å². The number of oxazole rings is 1. The van der Waals surface area contributed by atoms with Gasteiger partial charge in [-0.3, -0.25) is 4.79 Å². The van der Waals surface area contributed by atoms with E-state index in [-0.39, 0.29) is 23.7 Å². The van der Waals surface area contributed by atoms with Gasteiger partial charge in [0.05, 0.1) is 18.3 Å². The van der Waals surface area contributed by atoms with Crippen LogP contribution >= 0.6 is 11.6 Å². The lowest BCUT2D eigenvalue weighted by Gasteiger charge is -2.37. The molecule has 1 unspecified atom stereocenters. The number of fused-ring (bicyclic) bond motifs is 1. The Balaban J connectivity index is 1.35. The van der Waals surface area contributed by atoms with Crippen LogP contribution in [0.25, 0.3) is 10.9 Å². The van der Waals surface area contributed by atoms with Crippen molar-refractivity contribution in [2.24, 2.45) is 0 Å². The van der Waals surface area contributed by atoms with Gasteiger partial charge in [0.25, 0.3) is 5.91 Å². The van der Waals surface area contributed by atoms with E-state index in [0.717, 1.165) is 29.4 Å². The number of H-pyrrole nitrogens is 1. The number of carbonyl (C=O) groups is 2. The third kappa shape index (κ3) is 4.14. The SMILES string of the molecule is Cc1ncoc1C(=O)N1CCCC(N(C)C(=O)NCc2cc3cc(Cl)ccc3[nH]2)C1. The van der Waals surface area contributed by atoms with Gasteiger partial charge in [-0.1, -0.05) is 11.6 Å². The number of aromatic amines is 1. The number of rotatable bonds is 4. The molecule has 2 N–H and O–H groups in total. The number of urea groups is 1. The molecule has 30 heavy (non-hydrogen) atoms. The summed E-state index contributed by atoms with van der Waals surface area (Å²) in [4.78, 5) is 36.1. The molecule has 1 atom stereocenters. The lowest BCUT2D eigenvalue weighted by Crippen LogP contribution is -2.52. The molecule has 3 aromatic rings. The number of piperidine rings is 1. The summed E-state index contributed by atoms with van der Waals surface area (Å²) in [5.41, 5.74) is 2.45. The highest BCUT2D eigenvalue weighted by Crippen LogP contribution is 2.21. The fourth-order valence-corrected chi connectivity index (χ4v) is 4.01. The molecule has 1 fully saturated rings. The number of amides is 3. The zero-order chi connectivity index (χ0) is 21.3. The molecule has 9 heteroatoms. The first-order valence-corrected chi connectivity index (χ1v) is 10.3. The number of nitrogens with one attached hydrogen (secondary N) is 2. The lowest BCUT2D eigenvalue weighted by molar-refractivity contribution is 0.0605. The van der Waals surface area contributed by atoms with Crippen LogP contribution in [0.1, 0.15) is 34.8 Å². The molecule has 0 aliphatic carbocycles. The maximum absolute atomic E-state index is 12.7. The van der Waals surface area contributed by atoms with Crippen LogP contribution in [0.15, 0.2) is 35.1 Å². The first kappa shape index (κ1) is 20.3. The molecule has 0 radical (unpaired) electrons. The van der Waals surface area contributed by atoms with E-state index in [1.165, 1.54) is 6.39 Å². The molecule has 3 heterocycles. The van der Waals surface area contributed by atoms with Crippen LogP contribution in [0, 0.1) is 6.92 Å². The number of carbonyl (C=O) groups excluding carboxylic acids is 2. The van der Waals surface area contributed by atoms with Crippen LogP contribution in [0.3, 0.4) is 0 Å². The number of hydrogen-bond acceptors (Lipinski definition) is 4. The van der Waals surface area contributed by atoms with Gasteiger partial charge in [0.2, 0.25) is 5.76 Å². The van der Waals surface area contributed by atoms with Crippen molar-refractivity contribution in [1.82, 2.24) is 25.1 Å². The predicted octanol–water partition coefficient (Wildman–Crippen LogP) is 3.56. The quantitative estimate of drug-likeness (QED) is 0.662. The van der Waals surface area contributed by atoms with E-state index >= 15 is 0 Å². The standard InChI is InChI=1S/C21H24ClN5O3/c1-13-19(30-12-24-13)20(28)27-7-3-4-17(11-27)26(2)21(29)23-10-16-9-14-8-15(22)5-6-18(14)25-16/h5-6,8-9,12,17,25H,3-4,7,10-11H2,1-2H3,(H,23,29). The van der Waals surface area contributed by atoms with Gasteiger partial charge in [-0.15, -0.1) is 0 Å². The van der Waals surface area contributed by atoms with Crippen LogP contribution in [0.4, 0.5) is 4.79 Å². The Labute approximate surface area is 179 Å². The van der Waals surface area contributed by atoms with Crippen LogP contribution in [0.2, 0.25) is 5.02 Å². The molecule has 0 bridgehead atoms. The predicted molar refractivity (Wildman–Crippen MR) is 113 cm³/mol. The van der Waals surface area contributed by atoms with Gasteiger partial charge < -0.3 is 24.5 Å². The third-order valence-electron chi connectivity index (χ3n) is 5.56. The molecule has 4 rings (SSSR count). The molecule has 158 valence electrons. The average molecular weight is 430 g/mol. The Morgan fingerprint density at radius 3 is 3.00 bits per heavy atom. The molecule has 1 aliphatic rings. The van der Waals surface area contributed by atoms with Crippen molar-refractivity contribution in [3.8, 4) is 0 Å². The Bertz CT molecular complexity index is 1080. The number of likely N-dealkylation sites (N-methyl/N-ethyl adjacent to an activating group) is 1. The van der Waals surface area contributed by atoms with Crippen LogP contribution in [0.5, 0.6) is 0 Å². The summed E-state index contributed by atoms with van der Waals surface area (Å²) in [6.07, 6.45) is 2.94. The largest absolute Gasteiger partial charge is 0.438 e. The van der Waals surface area contributed by atoms with Crippen molar-refractivity contribution >= 4 is 34.4 Å². The molecule has 1 aromatic carbocycles. The summed E-state index contributed by atoms with van der Waals surface area (Å²) in [5.74, 6) is 0.0851. The summed E-state index contributed by atoms with van der Waals surface area (Å²) in [5, 5.41) is 4.62. The van der Waals surface area contributed by atoms with Crippen molar-refractivity contribution < 1.29 is 14.0 Å². The molecule has 3 amide bonds. The second kappa shape index (κ2) is 8.39. The second-order valence-corrected chi connectivity index (χ2v) is 8.05. The zero-order valence-electron chi connectivity index (χ0n) is 16.9. The van der Waals surface area contributed by atoms with E-state index in [2.05, 4.69) is 15.3 Å². The van der Waals surface area contributed by atoms with Gasteiger partial charge >= 0.3 is 6.03 Å². The first-order valence-electron chi connectivity index (χ1n) is 9.89. The number of hydrogen-bond donors (Lipinski definition) is 2. The Morgan fingerprint density at radius 2 is 2.23 bits per heavy atom. The number of likely N-dealkylation sites (tertiary alicyclic amines) is 1. The third-order valence-corrected chi connectivity index (χ3v) is 5.80. The number of halogens is 1. The fourth-order valence-electron chi connectivity index (χ4n) is 3.83.